The summed E-state index contributed by atoms with van der Waals surface area (Å²) < 4.78 is 0. The lowest BCUT2D eigenvalue weighted by molar-refractivity contribution is -0.133. The smallest absolute Gasteiger partial charge is 0.272 e. The van der Waals surface area contributed by atoms with Crippen LogP contribution in [0.25, 0.3) is 0 Å². The zero-order valence-electron chi connectivity index (χ0n) is 22.3. The molecule has 0 spiro atoms. The van der Waals surface area contributed by atoms with Gasteiger partial charge in [0.2, 0.25) is 12.1 Å². The van der Waals surface area contributed by atoms with Gasteiger partial charge in [-0.15, -0.1) is 0 Å². The molecule has 1 fully saturated rings. The Balaban J connectivity index is 1.94. The number of rotatable bonds is 12. The van der Waals surface area contributed by atoms with E-state index in [9.17, 15) is 14.7 Å². The summed E-state index contributed by atoms with van der Waals surface area (Å²) in [6.07, 6.45) is 6.21. The molecule has 3 rings (SSSR count). The van der Waals surface area contributed by atoms with Crippen molar-refractivity contribution in [2.75, 3.05) is 11.4 Å². The van der Waals surface area contributed by atoms with Crippen molar-refractivity contribution < 1.29 is 14.7 Å². The van der Waals surface area contributed by atoms with Crippen molar-refractivity contribution in [2.24, 2.45) is 22.2 Å². The number of aliphatic hydroxyl groups is 1. The first-order valence-corrected chi connectivity index (χ1v) is 13.6. The first-order chi connectivity index (χ1) is 16.6. The van der Waals surface area contributed by atoms with Gasteiger partial charge in [0, 0.05) is 17.8 Å². The summed E-state index contributed by atoms with van der Waals surface area (Å²) in [5, 5.41) is 13.8. The number of fused-ring (bicyclic) bond motifs is 1. The highest BCUT2D eigenvalue weighted by Crippen LogP contribution is 2.37. The Bertz CT molecular complexity index is 901. The Kier molecular flexibility index (Phi) is 9.51. The Morgan fingerprint density at radius 2 is 1.86 bits per heavy atom. The number of hydrogen-bond donors (Lipinski definition) is 2. The number of aliphatic imine (C=N–C) groups is 1. The fourth-order valence-electron chi connectivity index (χ4n) is 4.79. The van der Waals surface area contributed by atoms with Gasteiger partial charge in [0.05, 0.1) is 17.7 Å². The lowest BCUT2D eigenvalue weighted by Crippen LogP contribution is -2.50. The number of unbranched alkanes of at least 4 members (excludes halogenated alkanes) is 2. The zero-order chi connectivity index (χ0) is 25.6. The van der Waals surface area contributed by atoms with Gasteiger partial charge in [0.15, 0.2) is 0 Å². The molecule has 2 aliphatic rings. The van der Waals surface area contributed by atoms with Gasteiger partial charge in [-0.2, -0.15) is 0 Å². The van der Waals surface area contributed by atoms with Crippen LogP contribution in [0, 0.1) is 17.3 Å². The second-order valence-electron chi connectivity index (χ2n) is 11.6. The first kappa shape index (κ1) is 27.4. The van der Waals surface area contributed by atoms with Crippen LogP contribution >= 0.6 is 0 Å². The van der Waals surface area contributed by atoms with Gasteiger partial charge in [0.25, 0.3) is 5.91 Å². The highest BCUT2D eigenvalue weighted by molar-refractivity contribution is 6.13. The van der Waals surface area contributed by atoms with Gasteiger partial charge >= 0.3 is 0 Å². The van der Waals surface area contributed by atoms with Gasteiger partial charge in [-0.25, -0.2) is 0 Å². The number of benzene rings is 1. The van der Waals surface area contributed by atoms with Crippen LogP contribution in [-0.4, -0.2) is 41.4 Å². The molecule has 194 valence electrons. The first-order valence-electron chi connectivity index (χ1n) is 13.6. The molecule has 0 bridgehead atoms. The van der Waals surface area contributed by atoms with E-state index in [1.54, 1.807) is 4.90 Å². The molecule has 0 saturated heterocycles. The quantitative estimate of drug-likeness (QED) is 0.414. The number of benzodiazepines with no additional fused rings is 1. The molecule has 3 atom stereocenters. The van der Waals surface area contributed by atoms with Crippen LogP contribution in [-0.2, 0) is 9.59 Å². The fraction of sp³-hybridized carbons (Fsp3) is 0.690. The summed E-state index contributed by atoms with van der Waals surface area (Å²) in [5.74, 6) is -0.453. The molecule has 1 aliphatic heterocycles. The summed E-state index contributed by atoms with van der Waals surface area (Å²) in [6.45, 7) is 11.2. The van der Waals surface area contributed by atoms with Crippen LogP contribution in [0.5, 0.6) is 0 Å². The van der Waals surface area contributed by atoms with Crippen molar-refractivity contribution in [1.29, 1.82) is 0 Å². The SMILES string of the molecule is CCCCC(O)C(CC1CC1)C(=O)N[C@H]1N=C(CC(C)(C)C)c2ccccc2N(CCCC)C1=O. The van der Waals surface area contributed by atoms with Gasteiger partial charge in [-0.05, 0) is 43.1 Å². The van der Waals surface area contributed by atoms with E-state index < -0.39 is 18.2 Å². The third kappa shape index (κ3) is 7.63. The van der Waals surface area contributed by atoms with E-state index in [1.165, 1.54) is 0 Å². The van der Waals surface area contributed by atoms with Crippen molar-refractivity contribution in [3.05, 3.63) is 29.8 Å². The molecule has 1 aliphatic carbocycles. The van der Waals surface area contributed by atoms with Gasteiger partial charge < -0.3 is 15.3 Å². The van der Waals surface area contributed by atoms with Crippen LogP contribution in [0.4, 0.5) is 5.69 Å². The summed E-state index contributed by atoms with van der Waals surface area (Å²) in [4.78, 5) is 34.0. The van der Waals surface area contributed by atoms with Crippen LogP contribution in [0.1, 0.15) is 98.0 Å². The number of aliphatic hydroxyl groups excluding tert-OH is 1. The Morgan fingerprint density at radius 3 is 2.49 bits per heavy atom. The molecular formula is C29H45N3O3. The highest BCUT2D eigenvalue weighted by atomic mass is 16.3. The van der Waals surface area contributed by atoms with E-state index in [0.717, 1.165) is 55.5 Å². The van der Waals surface area contributed by atoms with Crippen LogP contribution < -0.4 is 10.2 Å². The number of nitrogens with one attached hydrogen (secondary N) is 1. The topological polar surface area (TPSA) is 82.0 Å². The standard InChI is InChI=1S/C29H45N3O3/c1-6-8-14-25(33)22(18-20-15-16-20)27(34)31-26-28(35)32(17-9-7-2)24-13-11-10-12-21(24)23(30-26)19-29(3,4)5/h10-13,20,22,25-26,33H,6-9,14-19H2,1-5H3,(H,31,34)/t22?,25?,26-/m1/s1. The largest absolute Gasteiger partial charge is 0.392 e. The van der Waals surface area contributed by atoms with E-state index in [-0.39, 0.29) is 17.2 Å². The van der Waals surface area contributed by atoms with Gasteiger partial charge in [0.1, 0.15) is 0 Å². The van der Waals surface area contributed by atoms with Crippen molar-refractivity contribution in [2.45, 2.75) is 105 Å². The van der Waals surface area contributed by atoms with E-state index >= 15 is 0 Å². The maximum Gasteiger partial charge on any atom is 0.272 e. The fourth-order valence-corrected chi connectivity index (χ4v) is 4.79. The van der Waals surface area contributed by atoms with Crippen LogP contribution in [0.15, 0.2) is 29.3 Å². The molecule has 1 heterocycles. The summed E-state index contributed by atoms with van der Waals surface area (Å²) in [5.41, 5.74) is 2.63. The predicted octanol–water partition coefficient (Wildman–Crippen LogP) is 5.47. The number of nitrogens with zero attached hydrogens (tertiary/aromatic N) is 2. The molecule has 1 saturated carbocycles. The molecule has 6 nitrogen and oxygen atoms in total. The van der Waals surface area contributed by atoms with Crippen molar-refractivity contribution in [3.8, 4) is 0 Å². The average Bonchev–Trinajstić information content (AvgIpc) is 3.64. The van der Waals surface area contributed by atoms with Crippen molar-refractivity contribution >= 4 is 23.2 Å². The third-order valence-electron chi connectivity index (χ3n) is 6.94. The molecule has 2 unspecified atom stereocenters. The Morgan fingerprint density at radius 1 is 1.17 bits per heavy atom. The lowest BCUT2D eigenvalue weighted by atomic mass is 9.87. The van der Waals surface area contributed by atoms with Crippen molar-refractivity contribution in [3.63, 3.8) is 0 Å². The van der Waals surface area contributed by atoms with E-state index in [0.29, 0.717) is 31.7 Å². The summed E-state index contributed by atoms with van der Waals surface area (Å²) in [7, 11) is 0. The zero-order valence-corrected chi connectivity index (χ0v) is 22.3. The Hall–Kier alpha value is -2.21. The maximum absolute atomic E-state index is 13.8. The molecule has 1 aromatic rings. The minimum absolute atomic E-state index is 0.0347. The molecule has 35 heavy (non-hydrogen) atoms. The number of para-hydroxylation sites is 1. The van der Waals surface area contributed by atoms with Crippen molar-refractivity contribution in [1.82, 2.24) is 5.32 Å². The number of carbonyl (C=O) groups excluding carboxylic acids is 2. The number of carbonyl (C=O) groups is 2. The molecule has 6 heteroatoms. The number of hydrogen-bond acceptors (Lipinski definition) is 4. The van der Waals surface area contributed by atoms with Crippen LogP contribution in [0.2, 0.25) is 0 Å². The summed E-state index contributed by atoms with van der Waals surface area (Å²) in [6, 6.07) is 7.94. The molecule has 0 aromatic heterocycles. The molecule has 2 amide bonds. The second kappa shape index (κ2) is 12.2. The normalized spacial score (nSPS) is 20.1. The highest BCUT2D eigenvalue weighted by Gasteiger charge is 2.38. The Labute approximate surface area is 211 Å². The predicted molar refractivity (Wildman–Crippen MR) is 143 cm³/mol. The molecule has 0 radical (unpaired) electrons. The second-order valence-corrected chi connectivity index (χ2v) is 11.6. The molecular weight excluding hydrogens is 438 g/mol. The summed E-state index contributed by atoms with van der Waals surface area (Å²) >= 11 is 0. The minimum atomic E-state index is -0.982. The van der Waals surface area contributed by atoms with Crippen LogP contribution in [0.3, 0.4) is 0 Å². The third-order valence-corrected chi connectivity index (χ3v) is 6.94. The van der Waals surface area contributed by atoms with E-state index in [4.69, 9.17) is 4.99 Å². The molecule has 1 aromatic carbocycles. The lowest BCUT2D eigenvalue weighted by Gasteiger charge is -2.27. The number of anilines is 1. The van der Waals surface area contributed by atoms with Gasteiger partial charge in [-0.1, -0.05) is 84.9 Å². The monoisotopic (exact) mass is 483 g/mol. The number of amides is 2. The minimum Gasteiger partial charge on any atom is -0.392 e. The van der Waals surface area contributed by atoms with E-state index in [2.05, 4.69) is 39.9 Å². The maximum atomic E-state index is 13.8. The van der Waals surface area contributed by atoms with Gasteiger partial charge in [-0.3, -0.25) is 14.6 Å². The van der Waals surface area contributed by atoms with E-state index in [1.807, 2.05) is 24.3 Å². The average molecular weight is 484 g/mol. The molecule has 2 N–H and O–H groups in total.